The lowest BCUT2D eigenvalue weighted by atomic mass is 9.84. The molecule has 3 atom stereocenters. The highest BCUT2D eigenvalue weighted by Crippen LogP contribution is 2.40. The average molecular weight is 333 g/mol. The Balaban J connectivity index is 1.93. The van der Waals surface area contributed by atoms with Crippen molar-refractivity contribution in [3.05, 3.63) is 28.2 Å². The van der Waals surface area contributed by atoms with Gasteiger partial charge in [0.15, 0.2) is 0 Å². The second-order valence-electron chi connectivity index (χ2n) is 6.69. The van der Waals surface area contributed by atoms with Gasteiger partial charge in [0.2, 0.25) is 0 Å². The third-order valence-electron chi connectivity index (χ3n) is 5.13. The smallest absolute Gasteiger partial charge is 0.326 e. The maximum Gasteiger partial charge on any atom is 0.326 e. The zero-order valence-corrected chi connectivity index (χ0v) is 13.9. The standard InChI is InChI=1S/C17H23N3O4/c1-2-9-19-15(21)8-7-12(18-19)16(22)20-13-6-4-3-5-11(13)10-14(20)17(23)24/h7-8,11,13-14H,2-6,9-10H2,1H3,(H,23,24)/t11-,13-,14-/m0/s1. The molecular formula is C17H23N3O4. The van der Waals surface area contributed by atoms with E-state index in [0.717, 1.165) is 32.1 Å². The molecule has 2 aliphatic rings. The van der Waals surface area contributed by atoms with E-state index in [1.54, 1.807) is 0 Å². The Bertz CT molecular complexity index is 699. The Morgan fingerprint density at radius 1 is 1.29 bits per heavy atom. The molecule has 0 spiro atoms. The number of amides is 1. The number of hydrogen-bond acceptors (Lipinski definition) is 4. The molecule has 130 valence electrons. The van der Waals surface area contributed by atoms with Crippen LogP contribution in [0.15, 0.2) is 16.9 Å². The van der Waals surface area contributed by atoms with E-state index >= 15 is 0 Å². The summed E-state index contributed by atoms with van der Waals surface area (Å²) in [6.07, 6.45) is 5.17. The van der Waals surface area contributed by atoms with Crippen molar-refractivity contribution >= 4 is 11.9 Å². The molecule has 2 fully saturated rings. The summed E-state index contributed by atoms with van der Waals surface area (Å²) in [5, 5.41) is 13.7. The number of rotatable bonds is 4. The first-order valence-electron chi connectivity index (χ1n) is 8.66. The van der Waals surface area contributed by atoms with Crippen LogP contribution in [-0.4, -0.2) is 43.7 Å². The van der Waals surface area contributed by atoms with Crippen molar-refractivity contribution in [3.63, 3.8) is 0 Å². The first-order valence-corrected chi connectivity index (χ1v) is 8.66. The van der Waals surface area contributed by atoms with Crippen molar-refractivity contribution in [2.24, 2.45) is 5.92 Å². The van der Waals surface area contributed by atoms with Gasteiger partial charge in [-0.3, -0.25) is 9.59 Å². The maximum atomic E-state index is 13.0. The second-order valence-corrected chi connectivity index (χ2v) is 6.69. The summed E-state index contributed by atoms with van der Waals surface area (Å²) < 4.78 is 1.28. The van der Waals surface area contributed by atoms with Gasteiger partial charge in [-0.1, -0.05) is 19.8 Å². The van der Waals surface area contributed by atoms with E-state index in [1.165, 1.54) is 21.7 Å². The molecule has 0 bridgehead atoms. The number of aryl methyl sites for hydroxylation is 1. The lowest BCUT2D eigenvalue weighted by Crippen LogP contribution is -2.46. The lowest BCUT2D eigenvalue weighted by Gasteiger charge is -2.32. The number of nitrogens with zero attached hydrogens (tertiary/aromatic N) is 3. The van der Waals surface area contributed by atoms with Crippen LogP contribution in [0.5, 0.6) is 0 Å². The average Bonchev–Trinajstić information content (AvgIpc) is 2.96. The van der Waals surface area contributed by atoms with Crippen molar-refractivity contribution in [1.29, 1.82) is 0 Å². The number of hydrogen-bond donors (Lipinski definition) is 1. The summed E-state index contributed by atoms with van der Waals surface area (Å²) in [5.74, 6) is -1.08. The third-order valence-corrected chi connectivity index (χ3v) is 5.13. The molecule has 1 saturated carbocycles. The molecule has 2 heterocycles. The molecule has 1 aliphatic carbocycles. The second kappa shape index (κ2) is 6.75. The van der Waals surface area contributed by atoms with Gasteiger partial charge in [-0.25, -0.2) is 9.48 Å². The van der Waals surface area contributed by atoms with Crippen LogP contribution in [0.1, 0.15) is 55.9 Å². The van der Waals surface area contributed by atoms with Gasteiger partial charge in [0, 0.05) is 18.7 Å². The fourth-order valence-corrected chi connectivity index (χ4v) is 4.04. The summed E-state index contributed by atoms with van der Waals surface area (Å²) >= 11 is 0. The molecule has 1 aromatic rings. The molecule has 0 radical (unpaired) electrons. The van der Waals surface area contributed by atoms with Gasteiger partial charge in [-0.05, 0) is 37.7 Å². The van der Waals surface area contributed by atoms with Crippen molar-refractivity contribution in [2.45, 2.75) is 64.1 Å². The molecule has 0 aromatic carbocycles. The molecule has 1 aromatic heterocycles. The normalized spacial score (nSPS) is 26.2. The van der Waals surface area contributed by atoms with Crippen LogP contribution in [0, 0.1) is 5.92 Å². The monoisotopic (exact) mass is 333 g/mol. The molecule has 0 unspecified atom stereocenters. The number of carboxylic acid groups (broad SMARTS) is 1. The summed E-state index contributed by atoms with van der Waals surface area (Å²) in [5.41, 5.74) is -0.0966. The number of carbonyl (C=O) groups is 2. The predicted molar refractivity (Wildman–Crippen MR) is 86.7 cm³/mol. The summed E-state index contributed by atoms with van der Waals surface area (Å²) in [6.45, 7) is 2.37. The number of carboxylic acids is 1. The zero-order valence-electron chi connectivity index (χ0n) is 13.9. The van der Waals surface area contributed by atoms with Crippen LogP contribution >= 0.6 is 0 Å². The molecule has 24 heavy (non-hydrogen) atoms. The molecule has 1 saturated heterocycles. The Morgan fingerprint density at radius 3 is 2.75 bits per heavy atom. The topological polar surface area (TPSA) is 92.5 Å². The van der Waals surface area contributed by atoms with Crippen LogP contribution in [0.3, 0.4) is 0 Å². The van der Waals surface area contributed by atoms with Crippen molar-refractivity contribution in [3.8, 4) is 0 Å². The number of fused-ring (bicyclic) bond motifs is 1. The van der Waals surface area contributed by atoms with Crippen LogP contribution in [0.2, 0.25) is 0 Å². The van der Waals surface area contributed by atoms with Gasteiger partial charge in [0.05, 0.1) is 0 Å². The highest BCUT2D eigenvalue weighted by Gasteiger charge is 2.48. The Morgan fingerprint density at radius 2 is 2.04 bits per heavy atom. The van der Waals surface area contributed by atoms with E-state index in [9.17, 15) is 19.5 Å². The summed E-state index contributed by atoms with van der Waals surface area (Å²) in [7, 11) is 0. The molecule has 3 rings (SSSR count). The van der Waals surface area contributed by atoms with Crippen LogP contribution in [0.25, 0.3) is 0 Å². The maximum absolute atomic E-state index is 13.0. The number of aliphatic carboxylic acids is 1. The summed E-state index contributed by atoms with van der Waals surface area (Å²) in [6, 6.07) is 1.92. The molecule has 1 amide bonds. The molecule has 1 N–H and O–H groups in total. The van der Waals surface area contributed by atoms with Gasteiger partial charge < -0.3 is 10.0 Å². The van der Waals surface area contributed by atoms with E-state index in [0.29, 0.717) is 13.0 Å². The van der Waals surface area contributed by atoms with E-state index < -0.39 is 12.0 Å². The molecule has 7 nitrogen and oxygen atoms in total. The number of aromatic nitrogens is 2. The van der Waals surface area contributed by atoms with Crippen LogP contribution < -0.4 is 5.56 Å². The van der Waals surface area contributed by atoms with E-state index in [2.05, 4.69) is 5.10 Å². The molecule has 1 aliphatic heterocycles. The van der Waals surface area contributed by atoms with E-state index in [-0.39, 0.29) is 29.1 Å². The Kier molecular flexibility index (Phi) is 4.69. The van der Waals surface area contributed by atoms with Gasteiger partial charge in [-0.15, -0.1) is 0 Å². The minimum atomic E-state index is -0.959. The third kappa shape index (κ3) is 2.95. The predicted octanol–water partition coefficient (Wildman–Crippen LogP) is 1.51. The van der Waals surface area contributed by atoms with Crippen molar-refractivity contribution in [2.75, 3.05) is 0 Å². The van der Waals surface area contributed by atoms with Gasteiger partial charge in [0.1, 0.15) is 11.7 Å². The largest absolute Gasteiger partial charge is 0.480 e. The first-order chi connectivity index (χ1) is 11.5. The fraction of sp³-hybridized carbons (Fsp3) is 0.647. The minimum Gasteiger partial charge on any atom is -0.480 e. The quantitative estimate of drug-likeness (QED) is 0.901. The van der Waals surface area contributed by atoms with Crippen LogP contribution in [-0.2, 0) is 11.3 Å². The highest BCUT2D eigenvalue weighted by molar-refractivity contribution is 5.95. The SMILES string of the molecule is CCCn1nc(C(=O)N2[C@H](C(=O)O)C[C@@H]3CCCC[C@@H]32)ccc1=O. The van der Waals surface area contributed by atoms with Crippen molar-refractivity contribution < 1.29 is 14.7 Å². The summed E-state index contributed by atoms with van der Waals surface area (Å²) in [4.78, 5) is 37.9. The van der Waals surface area contributed by atoms with Gasteiger partial charge in [0.25, 0.3) is 11.5 Å². The fourth-order valence-electron chi connectivity index (χ4n) is 4.04. The number of likely N-dealkylation sites (tertiary alicyclic amines) is 1. The Hall–Kier alpha value is -2.18. The minimum absolute atomic E-state index is 0.0271. The number of carbonyl (C=O) groups excluding carboxylic acids is 1. The molecular weight excluding hydrogens is 310 g/mol. The van der Waals surface area contributed by atoms with Crippen molar-refractivity contribution in [1.82, 2.24) is 14.7 Å². The first kappa shape index (κ1) is 16.7. The zero-order chi connectivity index (χ0) is 17.3. The highest BCUT2D eigenvalue weighted by atomic mass is 16.4. The van der Waals surface area contributed by atoms with E-state index in [1.807, 2.05) is 6.92 Å². The van der Waals surface area contributed by atoms with Crippen LogP contribution in [0.4, 0.5) is 0 Å². The van der Waals surface area contributed by atoms with Gasteiger partial charge >= 0.3 is 5.97 Å². The van der Waals surface area contributed by atoms with E-state index in [4.69, 9.17) is 0 Å². The lowest BCUT2D eigenvalue weighted by molar-refractivity contribution is -0.141. The van der Waals surface area contributed by atoms with Gasteiger partial charge in [-0.2, -0.15) is 5.10 Å². The molecule has 7 heteroatoms. The Labute approximate surface area is 140 Å².